The minimum absolute atomic E-state index is 0.280. The molecule has 0 atom stereocenters. The van der Waals surface area contributed by atoms with Gasteiger partial charge in [0.05, 0.1) is 6.61 Å². The zero-order chi connectivity index (χ0) is 14.9. The van der Waals surface area contributed by atoms with Gasteiger partial charge < -0.3 is 9.84 Å². The second kappa shape index (κ2) is 15.7. The van der Waals surface area contributed by atoms with Gasteiger partial charge in [0.1, 0.15) is 0 Å². The first kappa shape index (κ1) is 18.7. The number of hydrogen-bond acceptors (Lipinski definition) is 2. The number of carbonyl (C=O) groups is 1. The van der Waals surface area contributed by atoms with E-state index >= 15 is 0 Å². The van der Waals surface area contributed by atoms with Crippen molar-refractivity contribution in [1.29, 1.82) is 0 Å². The highest BCUT2D eigenvalue weighted by molar-refractivity contribution is 5.66. The van der Waals surface area contributed by atoms with Crippen LogP contribution < -0.4 is 0 Å². The number of carboxylic acids is 1. The van der Waals surface area contributed by atoms with Crippen LogP contribution in [0.3, 0.4) is 0 Å². The Morgan fingerprint density at radius 1 is 1.00 bits per heavy atom. The van der Waals surface area contributed by atoms with Crippen LogP contribution in [0.15, 0.2) is 36.5 Å². The van der Waals surface area contributed by atoms with Gasteiger partial charge in [-0.05, 0) is 38.5 Å². The van der Waals surface area contributed by atoms with Gasteiger partial charge in [-0.3, -0.25) is 4.79 Å². The third-order valence-electron chi connectivity index (χ3n) is 2.62. The van der Waals surface area contributed by atoms with Gasteiger partial charge in [0.2, 0.25) is 0 Å². The van der Waals surface area contributed by atoms with Crippen molar-refractivity contribution >= 4 is 5.97 Å². The Labute approximate surface area is 123 Å². The minimum Gasteiger partial charge on any atom is -0.481 e. The zero-order valence-electron chi connectivity index (χ0n) is 12.6. The fourth-order valence-electron chi connectivity index (χ4n) is 1.56. The van der Waals surface area contributed by atoms with E-state index in [1.807, 2.05) is 0 Å². The molecule has 1 N–H and O–H groups in total. The summed E-state index contributed by atoms with van der Waals surface area (Å²) in [6.07, 6.45) is 18.6. The Kier molecular flexibility index (Phi) is 14.6. The van der Waals surface area contributed by atoms with Crippen molar-refractivity contribution in [2.24, 2.45) is 0 Å². The van der Waals surface area contributed by atoms with Crippen molar-refractivity contribution in [3.05, 3.63) is 36.5 Å². The first-order valence-electron chi connectivity index (χ1n) is 7.52. The Bertz CT molecular complexity index is 303. The van der Waals surface area contributed by atoms with Crippen LogP contribution in [-0.2, 0) is 9.53 Å². The average molecular weight is 280 g/mol. The molecule has 0 aliphatic heterocycles. The fourth-order valence-corrected chi connectivity index (χ4v) is 1.56. The van der Waals surface area contributed by atoms with Crippen molar-refractivity contribution in [3.8, 4) is 0 Å². The molecule has 0 saturated carbocycles. The van der Waals surface area contributed by atoms with E-state index in [9.17, 15) is 4.79 Å². The Morgan fingerprint density at radius 2 is 1.65 bits per heavy atom. The maximum atomic E-state index is 10.3. The van der Waals surface area contributed by atoms with Gasteiger partial charge in [0.15, 0.2) is 0 Å². The summed E-state index contributed by atoms with van der Waals surface area (Å²) >= 11 is 0. The van der Waals surface area contributed by atoms with E-state index in [4.69, 9.17) is 9.84 Å². The summed E-state index contributed by atoms with van der Waals surface area (Å²) < 4.78 is 5.33. The highest BCUT2D eigenvalue weighted by Crippen LogP contribution is 2.01. The second-order valence-corrected chi connectivity index (χ2v) is 4.60. The molecule has 20 heavy (non-hydrogen) atoms. The molecule has 0 aromatic rings. The molecule has 0 radical (unpaired) electrons. The van der Waals surface area contributed by atoms with Gasteiger partial charge in [-0.2, -0.15) is 0 Å². The quantitative estimate of drug-likeness (QED) is 0.399. The lowest BCUT2D eigenvalue weighted by Gasteiger charge is -1.94. The maximum absolute atomic E-state index is 10.3. The van der Waals surface area contributed by atoms with Crippen molar-refractivity contribution in [2.45, 2.75) is 51.9 Å². The normalized spacial score (nSPS) is 12.1. The lowest BCUT2D eigenvalue weighted by molar-refractivity contribution is -0.137. The number of carboxylic acid groups (broad SMARTS) is 1. The van der Waals surface area contributed by atoms with Crippen molar-refractivity contribution in [3.63, 3.8) is 0 Å². The number of unbranched alkanes of at least 4 members (excludes halogenated alkanes) is 2. The highest BCUT2D eigenvalue weighted by Gasteiger charge is 1.93. The molecule has 0 aliphatic rings. The number of allylic oxidation sites excluding steroid dienone is 5. The molecule has 0 unspecified atom stereocenters. The molecule has 0 bridgehead atoms. The molecular weight excluding hydrogens is 252 g/mol. The summed E-state index contributed by atoms with van der Waals surface area (Å²) in [7, 11) is 0. The summed E-state index contributed by atoms with van der Waals surface area (Å²) in [5, 5.41) is 8.48. The van der Waals surface area contributed by atoms with E-state index in [-0.39, 0.29) is 6.42 Å². The van der Waals surface area contributed by atoms with Gasteiger partial charge in [0.25, 0.3) is 0 Å². The van der Waals surface area contributed by atoms with Gasteiger partial charge in [-0.25, -0.2) is 0 Å². The molecule has 0 amide bonds. The van der Waals surface area contributed by atoms with Gasteiger partial charge in [0, 0.05) is 13.0 Å². The van der Waals surface area contributed by atoms with Gasteiger partial charge in [-0.1, -0.05) is 43.4 Å². The molecule has 0 spiro atoms. The van der Waals surface area contributed by atoms with E-state index in [1.165, 1.54) is 0 Å². The van der Waals surface area contributed by atoms with Gasteiger partial charge in [-0.15, -0.1) is 0 Å². The van der Waals surface area contributed by atoms with E-state index in [0.29, 0.717) is 6.61 Å². The zero-order valence-corrected chi connectivity index (χ0v) is 12.6. The van der Waals surface area contributed by atoms with Crippen molar-refractivity contribution in [2.75, 3.05) is 13.2 Å². The lowest BCUT2D eigenvalue weighted by atomic mass is 10.2. The summed E-state index contributed by atoms with van der Waals surface area (Å²) in [5.74, 6) is -0.704. The van der Waals surface area contributed by atoms with Crippen LogP contribution in [0.2, 0.25) is 0 Å². The number of hydrogen-bond donors (Lipinski definition) is 1. The second-order valence-electron chi connectivity index (χ2n) is 4.60. The Balaban J connectivity index is 3.32. The van der Waals surface area contributed by atoms with Crippen LogP contribution in [-0.4, -0.2) is 24.3 Å². The van der Waals surface area contributed by atoms with E-state index in [1.54, 1.807) is 0 Å². The van der Waals surface area contributed by atoms with E-state index in [0.717, 1.165) is 45.1 Å². The number of aliphatic carboxylic acids is 1. The first-order valence-corrected chi connectivity index (χ1v) is 7.52. The monoisotopic (exact) mass is 280 g/mol. The summed E-state index contributed by atoms with van der Waals surface area (Å²) in [6, 6.07) is 0. The van der Waals surface area contributed by atoms with E-state index < -0.39 is 5.97 Å². The molecule has 0 aliphatic carbocycles. The summed E-state index contributed by atoms with van der Waals surface area (Å²) in [4.78, 5) is 10.3. The number of rotatable bonds is 13. The molecule has 0 heterocycles. The average Bonchev–Trinajstić information content (AvgIpc) is 2.43. The van der Waals surface area contributed by atoms with E-state index in [2.05, 4.69) is 43.4 Å². The SMILES string of the molecule is CCCOC/C=C/C/C=C/C/C=C/CCCCC(=O)O. The molecular formula is C17H28O3. The minimum atomic E-state index is -0.704. The Hall–Kier alpha value is -1.35. The molecule has 0 fully saturated rings. The molecule has 114 valence electrons. The third kappa shape index (κ3) is 16.6. The first-order chi connectivity index (χ1) is 9.77. The topological polar surface area (TPSA) is 46.5 Å². The van der Waals surface area contributed by atoms with Crippen molar-refractivity contribution in [1.82, 2.24) is 0 Å². The third-order valence-corrected chi connectivity index (χ3v) is 2.62. The highest BCUT2D eigenvalue weighted by atomic mass is 16.5. The van der Waals surface area contributed by atoms with Crippen LogP contribution in [0.5, 0.6) is 0 Å². The van der Waals surface area contributed by atoms with Crippen LogP contribution >= 0.6 is 0 Å². The molecule has 0 saturated heterocycles. The largest absolute Gasteiger partial charge is 0.481 e. The van der Waals surface area contributed by atoms with Crippen LogP contribution in [0.1, 0.15) is 51.9 Å². The van der Waals surface area contributed by atoms with Crippen LogP contribution in [0, 0.1) is 0 Å². The summed E-state index contributed by atoms with van der Waals surface area (Å²) in [6.45, 7) is 3.64. The van der Waals surface area contributed by atoms with Crippen LogP contribution in [0.4, 0.5) is 0 Å². The van der Waals surface area contributed by atoms with Gasteiger partial charge >= 0.3 is 5.97 Å². The Morgan fingerprint density at radius 3 is 2.30 bits per heavy atom. The summed E-state index contributed by atoms with van der Waals surface area (Å²) in [5.41, 5.74) is 0. The fraction of sp³-hybridized carbons (Fsp3) is 0.588. The molecule has 3 nitrogen and oxygen atoms in total. The standard InChI is InChI=1S/C17H28O3/c1-2-15-20-16-13-11-9-7-5-3-4-6-8-10-12-14-17(18)19/h4-7,11,13H,2-3,8-10,12,14-16H2,1H3,(H,18,19)/b6-4+,7-5+,13-11+. The predicted octanol–water partition coefficient (Wildman–Crippen LogP) is 4.51. The maximum Gasteiger partial charge on any atom is 0.303 e. The lowest BCUT2D eigenvalue weighted by Crippen LogP contribution is -1.92. The molecule has 0 aromatic carbocycles. The van der Waals surface area contributed by atoms with Crippen LogP contribution in [0.25, 0.3) is 0 Å². The molecule has 3 heteroatoms. The molecule has 0 rings (SSSR count). The molecule has 0 aromatic heterocycles. The smallest absolute Gasteiger partial charge is 0.303 e. The number of ether oxygens (including phenoxy) is 1. The van der Waals surface area contributed by atoms with Crippen molar-refractivity contribution < 1.29 is 14.6 Å². The predicted molar refractivity (Wildman–Crippen MR) is 83.9 cm³/mol.